The maximum atomic E-state index is 4.11. The van der Waals surface area contributed by atoms with Crippen molar-refractivity contribution in [3.63, 3.8) is 0 Å². The highest BCUT2D eigenvalue weighted by Crippen LogP contribution is 2.05. The van der Waals surface area contributed by atoms with Gasteiger partial charge in [-0.3, -0.25) is 10.4 Å². The first kappa shape index (κ1) is 10.6. The Morgan fingerprint density at radius 2 is 2.13 bits per heavy atom. The van der Waals surface area contributed by atoms with Gasteiger partial charge in [-0.2, -0.15) is 0 Å². The summed E-state index contributed by atoms with van der Waals surface area (Å²) in [5, 5.41) is 2.35. The molecule has 3 heteroatoms. The predicted molar refractivity (Wildman–Crippen MR) is 61.4 cm³/mol. The van der Waals surface area contributed by atoms with Crippen LogP contribution in [0.5, 0.6) is 0 Å². The molecule has 0 atom stereocenters. The van der Waals surface area contributed by atoms with Gasteiger partial charge in [0.25, 0.3) is 0 Å². The van der Waals surface area contributed by atoms with Crippen molar-refractivity contribution in [1.29, 1.82) is 0 Å². The summed E-state index contributed by atoms with van der Waals surface area (Å²) in [5.41, 5.74) is 4.78. The number of nitrogens with zero attached hydrogens (tertiary/aromatic N) is 2. The summed E-state index contributed by atoms with van der Waals surface area (Å²) in [6.07, 6.45) is 8.88. The lowest BCUT2D eigenvalue weighted by Crippen LogP contribution is -2.42. The number of hydrogen-bond donors (Lipinski definition) is 1. The molecule has 1 aliphatic rings. The Kier molecular flexibility index (Phi) is 4.11. The highest BCUT2D eigenvalue weighted by molar-refractivity contribution is 5.08. The van der Waals surface area contributed by atoms with Crippen LogP contribution in [0.1, 0.15) is 24.8 Å². The van der Waals surface area contributed by atoms with Gasteiger partial charge < -0.3 is 0 Å². The molecule has 1 aliphatic heterocycles. The van der Waals surface area contributed by atoms with Crippen LogP contribution in [0.3, 0.4) is 0 Å². The molecule has 0 aromatic carbocycles. The molecule has 15 heavy (non-hydrogen) atoms. The first-order valence-electron chi connectivity index (χ1n) is 5.82. The quantitative estimate of drug-likeness (QED) is 0.809. The summed E-state index contributed by atoms with van der Waals surface area (Å²) in [7, 11) is 0. The van der Waals surface area contributed by atoms with E-state index in [1.165, 1.54) is 37.9 Å². The van der Waals surface area contributed by atoms with E-state index in [1.54, 1.807) is 0 Å². The lowest BCUT2D eigenvalue weighted by atomic mass is 10.2. The van der Waals surface area contributed by atoms with Crippen molar-refractivity contribution in [3.05, 3.63) is 30.1 Å². The number of piperidine rings is 1. The van der Waals surface area contributed by atoms with Crippen LogP contribution in [0.4, 0.5) is 0 Å². The van der Waals surface area contributed by atoms with Gasteiger partial charge in [0.15, 0.2) is 0 Å². The molecule has 0 spiro atoms. The fraction of sp³-hybridized carbons (Fsp3) is 0.583. The Morgan fingerprint density at radius 1 is 1.27 bits per heavy atom. The molecular weight excluding hydrogens is 186 g/mol. The lowest BCUT2D eigenvalue weighted by Gasteiger charge is -2.27. The van der Waals surface area contributed by atoms with E-state index < -0.39 is 0 Å². The average Bonchev–Trinajstić information content (AvgIpc) is 2.32. The highest BCUT2D eigenvalue weighted by Gasteiger charge is 2.08. The van der Waals surface area contributed by atoms with Crippen LogP contribution in [0.25, 0.3) is 0 Å². The van der Waals surface area contributed by atoms with Gasteiger partial charge >= 0.3 is 0 Å². The molecule has 0 amide bonds. The maximum absolute atomic E-state index is 4.11. The van der Waals surface area contributed by atoms with Crippen LogP contribution in [0.2, 0.25) is 0 Å². The number of hydrazine groups is 1. The zero-order valence-electron chi connectivity index (χ0n) is 9.15. The number of nitrogens with one attached hydrogen (secondary N) is 1. The molecule has 1 aromatic heterocycles. The number of aromatic nitrogens is 1. The molecule has 0 unspecified atom stereocenters. The zero-order chi connectivity index (χ0) is 10.3. The Labute approximate surface area is 91.5 Å². The second-order valence-corrected chi connectivity index (χ2v) is 4.07. The van der Waals surface area contributed by atoms with Gasteiger partial charge in [0, 0.05) is 32.0 Å². The first-order chi connectivity index (χ1) is 7.45. The van der Waals surface area contributed by atoms with Gasteiger partial charge in [0.05, 0.1) is 0 Å². The van der Waals surface area contributed by atoms with Crippen molar-refractivity contribution in [1.82, 2.24) is 15.4 Å². The van der Waals surface area contributed by atoms with Crippen LogP contribution in [0, 0.1) is 0 Å². The third kappa shape index (κ3) is 3.61. The lowest BCUT2D eigenvalue weighted by molar-refractivity contribution is 0.155. The standard InChI is InChI=1S/C12H19N3/c1-2-9-15(10-3-1)14-8-6-12-5-4-7-13-11-12/h4-5,7,11,14H,1-3,6,8-10H2. The molecule has 3 nitrogen and oxygen atoms in total. The second kappa shape index (κ2) is 5.83. The molecule has 0 radical (unpaired) electrons. The monoisotopic (exact) mass is 205 g/mol. The Balaban J connectivity index is 1.66. The van der Waals surface area contributed by atoms with Crippen molar-refractivity contribution in [2.24, 2.45) is 0 Å². The largest absolute Gasteiger partial charge is 0.264 e. The van der Waals surface area contributed by atoms with E-state index in [0.717, 1.165) is 13.0 Å². The molecule has 0 bridgehead atoms. The zero-order valence-corrected chi connectivity index (χ0v) is 9.15. The van der Waals surface area contributed by atoms with E-state index in [-0.39, 0.29) is 0 Å². The summed E-state index contributed by atoms with van der Waals surface area (Å²) >= 11 is 0. The molecule has 1 aromatic rings. The average molecular weight is 205 g/mol. The Morgan fingerprint density at radius 3 is 2.87 bits per heavy atom. The van der Waals surface area contributed by atoms with E-state index >= 15 is 0 Å². The van der Waals surface area contributed by atoms with Crippen molar-refractivity contribution in [2.75, 3.05) is 19.6 Å². The van der Waals surface area contributed by atoms with Gasteiger partial charge in [-0.25, -0.2) is 5.01 Å². The Bertz CT molecular complexity index is 267. The molecule has 1 fully saturated rings. The van der Waals surface area contributed by atoms with Crippen LogP contribution in [-0.4, -0.2) is 29.6 Å². The van der Waals surface area contributed by atoms with Crippen molar-refractivity contribution < 1.29 is 0 Å². The minimum Gasteiger partial charge on any atom is -0.264 e. The van der Waals surface area contributed by atoms with Crippen LogP contribution in [0.15, 0.2) is 24.5 Å². The molecule has 0 saturated carbocycles. The van der Waals surface area contributed by atoms with Gasteiger partial charge in [0.2, 0.25) is 0 Å². The molecule has 2 heterocycles. The van der Waals surface area contributed by atoms with Gasteiger partial charge in [0.1, 0.15) is 0 Å². The fourth-order valence-electron chi connectivity index (χ4n) is 1.96. The summed E-state index contributed by atoms with van der Waals surface area (Å²) in [6, 6.07) is 4.13. The second-order valence-electron chi connectivity index (χ2n) is 4.07. The van der Waals surface area contributed by atoms with E-state index in [4.69, 9.17) is 0 Å². The summed E-state index contributed by atoms with van der Waals surface area (Å²) < 4.78 is 0. The van der Waals surface area contributed by atoms with Gasteiger partial charge in [-0.05, 0) is 30.9 Å². The number of pyridine rings is 1. The summed E-state index contributed by atoms with van der Waals surface area (Å²) in [5.74, 6) is 0. The predicted octanol–water partition coefficient (Wildman–Crippen LogP) is 1.61. The van der Waals surface area contributed by atoms with E-state index in [2.05, 4.69) is 21.5 Å². The van der Waals surface area contributed by atoms with Gasteiger partial charge in [-0.15, -0.1) is 0 Å². The maximum Gasteiger partial charge on any atom is 0.0300 e. The number of hydrogen-bond acceptors (Lipinski definition) is 3. The van der Waals surface area contributed by atoms with E-state index in [0.29, 0.717) is 0 Å². The number of rotatable bonds is 4. The van der Waals surface area contributed by atoms with E-state index in [1.807, 2.05) is 18.5 Å². The molecule has 1 N–H and O–H groups in total. The molecule has 1 saturated heterocycles. The van der Waals surface area contributed by atoms with Crippen LogP contribution < -0.4 is 5.43 Å². The normalized spacial score (nSPS) is 17.9. The molecule has 0 aliphatic carbocycles. The summed E-state index contributed by atoms with van der Waals surface area (Å²) in [6.45, 7) is 3.42. The molecular formula is C12H19N3. The molecule has 2 rings (SSSR count). The van der Waals surface area contributed by atoms with Crippen molar-refractivity contribution in [3.8, 4) is 0 Å². The first-order valence-corrected chi connectivity index (χ1v) is 5.82. The molecule has 82 valence electrons. The SMILES string of the molecule is c1cncc(CCNN2CCCCC2)c1. The minimum absolute atomic E-state index is 1.02. The third-order valence-corrected chi connectivity index (χ3v) is 2.83. The topological polar surface area (TPSA) is 28.2 Å². The fourth-order valence-corrected chi connectivity index (χ4v) is 1.96. The minimum atomic E-state index is 1.02. The van der Waals surface area contributed by atoms with Crippen molar-refractivity contribution >= 4 is 0 Å². The third-order valence-electron chi connectivity index (χ3n) is 2.83. The van der Waals surface area contributed by atoms with E-state index in [9.17, 15) is 0 Å². The van der Waals surface area contributed by atoms with Crippen LogP contribution >= 0.6 is 0 Å². The highest BCUT2D eigenvalue weighted by atomic mass is 15.5. The summed E-state index contributed by atoms with van der Waals surface area (Å²) in [4.78, 5) is 4.11. The smallest absolute Gasteiger partial charge is 0.0300 e. The Hall–Kier alpha value is -0.930. The van der Waals surface area contributed by atoms with Gasteiger partial charge in [-0.1, -0.05) is 12.5 Å². The van der Waals surface area contributed by atoms with Crippen molar-refractivity contribution in [2.45, 2.75) is 25.7 Å². The van der Waals surface area contributed by atoms with Crippen LogP contribution in [-0.2, 0) is 6.42 Å².